The highest BCUT2D eigenvalue weighted by molar-refractivity contribution is 9.10. The first-order chi connectivity index (χ1) is 12.2. The van der Waals surface area contributed by atoms with E-state index in [9.17, 15) is 14.4 Å². The van der Waals surface area contributed by atoms with Crippen LogP contribution < -0.4 is 5.32 Å². The Labute approximate surface area is 160 Å². The number of benzene rings is 1. The molecule has 0 unspecified atom stereocenters. The summed E-state index contributed by atoms with van der Waals surface area (Å²) in [6, 6.07) is 6.65. The molecule has 2 aliphatic rings. The number of nitrogens with one attached hydrogen (secondary N) is 1. The van der Waals surface area contributed by atoms with Crippen molar-refractivity contribution in [3.05, 3.63) is 34.3 Å². The summed E-state index contributed by atoms with van der Waals surface area (Å²) >= 11 is 3.38. The average Bonchev–Trinajstić information content (AvgIpc) is 2.78. The molecule has 0 radical (unpaired) electrons. The Bertz CT molecular complexity index is 746. The van der Waals surface area contributed by atoms with Crippen molar-refractivity contribution in [3.8, 4) is 0 Å². The first-order valence-corrected chi connectivity index (χ1v) is 9.33. The number of rotatable bonds is 3. The third-order valence-electron chi connectivity index (χ3n) is 4.74. The Kier molecular flexibility index (Phi) is 5.07. The van der Waals surface area contributed by atoms with Crippen LogP contribution in [0.15, 0.2) is 28.7 Å². The van der Waals surface area contributed by atoms with Crippen molar-refractivity contribution in [3.63, 3.8) is 0 Å². The van der Waals surface area contributed by atoms with E-state index >= 15 is 0 Å². The quantitative estimate of drug-likeness (QED) is 0.752. The number of urea groups is 1. The number of halogens is 1. The van der Waals surface area contributed by atoms with Crippen LogP contribution in [-0.2, 0) is 19.9 Å². The van der Waals surface area contributed by atoms with Crippen LogP contribution in [0.4, 0.5) is 4.79 Å². The number of ether oxygens (including phenoxy) is 1. The van der Waals surface area contributed by atoms with Crippen molar-refractivity contribution in [2.24, 2.45) is 0 Å². The van der Waals surface area contributed by atoms with E-state index in [1.54, 1.807) is 30.0 Å². The topological polar surface area (TPSA) is 79.0 Å². The number of carbonyl (C=O) groups is 3. The van der Waals surface area contributed by atoms with Crippen LogP contribution in [0.5, 0.6) is 0 Å². The van der Waals surface area contributed by atoms with Gasteiger partial charge in [-0.25, -0.2) is 4.79 Å². The zero-order chi connectivity index (χ0) is 19.1. The third kappa shape index (κ3) is 3.48. The van der Waals surface area contributed by atoms with Gasteiger partial charge in [0, 0.05) is 17.6 Å². The molecule has 0 saturated carbocycles. The SMILES string of the molecule is C[C@@H]1CN(C(=O)CN2C(=O)N[C@@](C)(c3cccc(Br)c3)C2=O)C[C@H](C)O1. The van der Waals surface area contributed by atoms with Crippen molar-refractivity contribution in [1.29, 1.82) is 0 Å². The summed E-state index contributed by atoms with van der Waals surface area (Å²) in [6.45, 7) is 6.08. The fourth-order valence-corrected chi connectivity index (χ4v) is 3.85. The molecule has 8 heteroatoms. The molecule has 2 fully saturated rings. The van der Waals surface area contributed by atoms with E-state index in [0.717, 1.165) is 9.37 Å². The first kappa shape index (κ1) is 18.8. The van der Waals surface area contributed by atoms with Crippen LogP contribution in [0.3, 0.4) is 0 Å². The number of carbonyl (C=O) groups excluding carboxylic acids is 3. The average molecular weight is 424 g/mol. The van der Waals surface area contributed by atoms with Crippen LogP contribution in [0.25, 0.3) is 0 Å². The van der Waals surface area contributed by atoms with Crippen molar-refractivity contribution in [2.75, 3.05) is 19.6 Å². The van der Waals surface area contributed by atoms with Gasteiger partial charge in [0.05, 0.1) is 12.2 Å². The summed E-state index contributed by atoms with van der Waals surface area (Å²) in [5.41, 5.74) is -0.527. The van der Waals surface area contributed by atoms with Gasteiger partial charge in [-0.15, -0.1) is 0 Å². The predicted molar refractivity (Wildman–Crippen MR) is 98.3 cm³/mol. The molecule has 0 bridgehead atoms. The van der Waals surface area contributed by atoms with Gasteiger partial charge in [0.15, 0.2) is 0 Å². The maximum Gasteiger partial charge on any atom is 0.325 e. The minimum Gasteiger partial charge on any atom is -0.372 e. The van der Waals surface area contributed by atoms with E-state index in [1.807, 2.05) is 19.9 Å². The first-order valence-electron chi connectivity index (χ1n) is 8.54. The lowest BCUT2D eigenvalue weighted by Gasteiger charge is -2.35. The number of hydrogen-bond donors (Lipinski definition) is 1. The molecular weight excluding hydrogens is 402 g/mol. The highest BCUT2D eigenvalue weighted by atomic mass is 79.9. The van der Waals surface area contributed by atoms with E-state index in [0.29, 0.717) is 18.7 Å². The summed E-state index contributed by atoms with van der Waals surface area (Å²) in [4.78, 5) is 40.6. The van der Waals surface area contributed by atoms with E-state index in [-0.39, 0.29) is 24.7 Å². The highest BCUT2D eigenvalue weighted by Gasteiger charge is 2.49. The van der Waals surface area contributed by atoms with Crippen LogP contribution >= 0.6 is 15.9 Å². The second kappa shape index (κ2) is 7.00. The second-order valence-corrected chi connectivity index (χ2v) is 7.93. The zero-order valence-electron chi connectivity index (χ0n) is 15.0. The molecule has 26 heavy (non-hydrogen) atoms. The Balaban J connectivity index is 1.76. The van der Waals surface area contributed by atoms with Gasteiger partial charge in [-0.3, -0.25) is 14.5 Å². The fourth-order valence-electron chi connectivity index (χ4n) is 3.45. The maximum atomic E-state index is 12.9. The normalized spacial score (nSPS) is 29.1. The minimum atomic E-state index is -1.19. The smallest absolute Gasteiger partial charge is 0.325 e. The maximum absolute atomic E-state index is 12.9. The summed E-state index contributed by atoms with van der Waals surface area (Å²) in [7, 11) is 0. The number of nitrogens with zero attached hydrogens (tertiary/aromatic N) is 2. The lowest BCUT2D eigenvalue weighted by molar-refractivity contribution is -0.146. The highest BCUT2D eigenvalue weighted by Crippen LogP contribution is 2.30. The number of morpholine rings is 1. The van der Waals surface area contributed by atoms with Gasteiger partial charge in [0.2, 0.25) is 5.91 Å². The van der Waals surface area contributed by atoms with Crippen LogP contribution in [0.2, 0.25) is 0 Å². The van der Waals surface area contributed by atoms with Crippen molar-refractivity contribution in [2.45, 2.75) is 38.5 Å². The number of amides is 4. The van der Waals surface area contributed by atoms with Gasteiger partial charge < -0.3 is 15.0 Å². The van der Waals surface area contributed by atoms with Gasteiger partial charge in [-0.2, -0.15) is 0 Å². The molecule has 2 heterocycles. The van der Waals surface area contributed by atoms with Gasteiger partial charge in [0.25, 0.3) is 5.91 Å². The van der Waals surface area contributed by atoms with Gasteiger partial charge in [0.1, 0.15) is 12.1 Å². The third-order valence-corrected chi connectivity index (χ3v) is 5.24. The standard InChI is InChI=1S/C18H22BrN3O4/c1-11-8-21(9-12(2)26-11)15(23)10-22-16(24)18(3,20-17(22)25)13-5-4-6-14(19)7-13/h4-7,11-12H,8-10H2,1-3H3,(H,20,25)/t11-,12+,18-/m0/s1. The number of hydrogen-bond acceptors (Lipinski definition) is 4. The minimum absolute atomic E-state index is 0.0715. The Morgan fingerprint density at radius 2 is 1.96 bits per heavy atom. The molecule has 7 nitrogen and oxygen atoms in total. The summed E-state index contributed by atoms with van der Waals surface area (Å²) in [5, 5.41) is 2.72. The molecule has 0 spiro atoms. The Hall–Kier alpha value is -1.93. The van der Waals surface area contributed by atoms with E-state index < -0.39 is 17.5 Å². The van der Waals surface area contributed by atoms with E-state index in [4.69, 9.17) is 4.74 Å². The Morgan fingerprint density at radius 3 is 2.58 bits per heavy atom. The second-order valence-electron chi connectivity index (χ2n) is 7.01. The molecular formula is C18H22BrN3O4. The molecule has 0 aromatic heterocycles. The van der Waals surface area contributed by atoms with Crippen molar-refractivity contribution < 1.29 is 19.1 Å². The molecule has 1 aromatic rings. The molecule has 1 N–H and O–H groups in total. The molecule has 140 valence electrons. The largest absolute Gasteiger partial charge is 0.372 e. The monoisotopic (exact) mass is 423 g/mol. The van der Waals surface area contributed by atoms with E-state index in [1.165, 1.54) is 0 Å². The van der Waals surface area contributed by atoms with E-state index in [2.05, 4.69) is 21.2 Å². The van der Waals surface area contributed by atoms with Crippen LogP contribution in [0, 0.1) is 0 Å². The molecule has 2 aliphatic heterocycles. The molecule has 2 saturated heterocycles. The fraction of sp³-hybridized carbons (Fsp3) is 0.500. The molecule has 0 aliphatic carbocycles. The molecule has 4 amide bonds. The summed E-state index contributed by atoms with van der Waals surface area (Å²) in [6.07, 6.45) is -0.143. The van der Waals surface area contributed by atoms with Crippen LogP contribution in [-0.4, -0.2) is 59.5 Å². The van der Waals surface area contributed by atoms with Gasteiger partial charge in [-0.1, -0.05) is 28.1 Å². The molecule has 1 aromatic carbocycles. The van der Waals surface area contributed by atoms with Crippen molar-refractivity contribution >= 4 is 33.8 Å². The Morgan fingerprint density at radius 1 is 1.31 bits per heavy atom. The summed E-state index contributed by atoms with van der Waals surface area (Å²) in [5.74, 6) is -0.683. The summed E-state index contributed by atoms with van der Waals surface area (Å²) < 4.78 is 6.43. The molecule has 3 rings (SSSR count). The molecule has 3 atom stereocenters. The predicted octanol–water partition coefficient (Wildman–Crippen LogP) is 1.85. The van der Waals surface area contributed by atoms with Crippen LogP contribution in [0.1, 0.15) is 26.3 Å². The van der Waals surface area contributed by atoms with Gasteiger partial charge >= 0.3 is 6.03 Å². The zero-order valence-corrected chi connectivity index (χ0v) is 16.6. The van der Waals surface area contributed by atoms with Gasteiger partial charge in [-0.05, 0) is 38.5 Å². The van der Waals surface area contributed by atoms with Crippen molar-refractivity contribution in [1.82, 2.24) is 15.1 Å². The lowest BCUT2D eigenvalue weighted by atomic mass is 9.92. The lowest BCUT2D eigenvalue weighted by Crippen LogP contribution is -2.52. The number of imide groups is 1.